The van der Waals surface area contributed by atoms with Gasteiger partial charge in [0.15, 0.2) is 0 Å². The topological polar surface area (TPSA) is 47.0 Å². The third kappa shape index (κ3) is 5.33. The van der Waals surface area contributed by atoms with Gasteiger partial charge < -0.3 is 10.1 Å². The first-order valence-electron chi connectivity index (χ1n) is 7.04. The normalized spacial score (nSPS) is 10.9. The van der Waals surface area contributed by atoms with Gasteiger partial charge in [0.2, 0.25) is 5.88 Å². The molecule has 0 fully saturated rings. The van der Waals surface area contributed by atoms with Gasteiger partial charge in [-0.3, -0.25) is 0 Å². The van der Waals surface area contributed by atoms with E-state index in [-0.39, 0.29) is 0 Å². The molecule has 4 nitrogen and oxygen atoms in total. The van der Waals surface area contributed by atoms with E-state index in [1.165, 1.54) is 0 Å². The maximum Gasteiger partial charge on any atom is 0.233 e. The van der Waals surface area contributed by atoms with Crippen molar-refractivity contribution in [2.24, 2.45) is 5.92 Å². The second kappa shape index (κ2) is 7.96. The smallest absolute Gasteiger partial charge is 0.233 e. The van der Waals surface area contributed by atoms with Crippen LogP contribution >= 0.6 is 11.6 Å². The van der Waals surface area contributed by atoms with E-state index >= 15 is 0 Å². The number of benzene rings is 1. The fourth-order valence-electron chi connectivity index (χ4n) is 1.77. The minimum atomic E-state index is 0.388. The molecule has 0 saturated heterocycles. The molecule has 0 atom stereocenters. The van der Waals surface area contributed by atoms with Crippen LogP contribution in [0.1, 0.15) is 25.1 Å². The Morgan fingerprint density at radius 3 is 2.62 bits per heavy atom. The zero-order valence-electron chi connectivity index (χ0n) is 12.3. The minimum absolute atomic E-state index is 0.388. The Kier molecular flexibility index (Phi) is 5.96. The molecule has 0 aliphatic carbocycles. The number of hydrogen-bond donors (Lipinski definition) is 1. The molecule has 0 amide bonds. The molecule has 1 heterocycles. The first kappa shape index (κ1) is 15.7. The van der Waals surface area contributed by atoms with Gasteiger partial charge in [-0.2, -0.15) is 5.10 Å². The largest absolute Gasteiger partial charge is 0.472 e. The molecule has 1 N–H and O–H groups in total. The number of nitrogens with one attached hydrogen (secondary N) is 1. The molecular formula is C16H20ClN3O. The van der Waals surface area contributed by atoms with E-state index in [0.717, 1.165) is 24.3 Å². The molecule has 112 valence electrons. The fourth-order valence-corrected chi connectivity index (χ4v) is 1.97. The molecule has 2 rings (SSSR count). The highest BCUT2D eigenvalue weighted by atomic mass is 35.5. The van der Waals surface area contributed by atoms with Gasteiger partial charge in [-0.05, 0) is 24.6 Å². The van der Waals surface area contributed by atoms with Gasteiger partial charge in [0, 0.05) is 23.2 Å². The molecule has 1 aromatic heterocycles. The van der Waals surface area contributed by atoms with Crippen LogP contribution in [0.3, 0.4) is 0 Å². The molecule has 0 aliphatic heterocycles. The van der Waals surface area contributed by atoms with E-state index in [0.29, 0.717) is 23.4 Å². The summed E-state index contributed by atoms with van der Waals surface area (Å²) in [5.74, 6) is 1.12. The lowest BCUT2D eigenvalue weighted by Crippen LogP contribution is -2.19. The van der Waals surface area contributed by atoms with Crippen molar-refractivity contribution in [1.82, 2.24) is 15.5 Å². The molecule has 2 aromatic rings. The Labute approximate surface area is 130 Å². The van der Waals surface area contributed by atoms with Crippen molar-refractivity contribution in [2.75, 3.05) is 6.54 Å². The molecule has 0 aliphatic rings. The molecule has 0 spiro atoms. The van der Waals surface area contributed by atoms with Crippen LogP contribution in [-0.4, -0.2) is 16.7 Å². The number of nitrogens with zero attached hydrogens (tertiary/aromatic N) is 2. The van der Waals surface area contributed by atoms with E-state index < -0.39 is 0 Å². The first-order valence-corrected chi connectivity index (χ1v) is 7.42. The van der Waals surface area contributed by atoms with Crippen LogP contribution in [0.15, 0.2) is 36.4 Å². The Morgan fingerprint density at radius 2 is 1.95 bits per heavy atom. The van der Waals surface area contributed by atoms with E-state index in [4.69, 9.17) is 16.3 Å². The lowest BCUT2D eigenvalue weighted by Gasteiger charge is -2.08. The summed E-state index contributed by atoms with van der Waals surface area (Å²) in [7, 11) is 0. The average Bonchev–Trinajstić information content (AvgIpc) is 2.47. The Morgan fingerprint density at radius 1 is 1.14 bits per heavy atom. The summed E-state index contributed by atoms with van der Waals surface area (Å²) in [5, 5.41) is 12.2. The summed E-state index contributed by atoms with van der Waals surface area (Å²) < 4.78 is 5.59. The third-order valence-electron chi connectivity index (χ3n) is 2.89. The molecule has 0 bridgehead atoms. The summed E-state index contributed by atoms with van der Waals surface area (Å²) in [6.45, 7) is 6.41. The highest BCUT2D eigenvalue weighted by Gasteiger charge is 2.03. The second-order valence-electron chi connectivity index (χ2n) is 5.27. The number of aromatic nitrogens is 2. The van der Waals surface area contributed by atoms with E-state index in [1.54, 1.807) is 0 Å². The average molecular weight is 306 g/mol. The van der Waals surface area contributed by atoms with Crippen molar-refractivity contribution in [2.45, 2.75) is 27.0 Å². The van der Waals surface area contributed by atoms with Crippen LogP contribution in [0.25, 0.3) is 0 Å². The van der Waals surface area contributed by atoms with E-state index in [1.807, 2.05) is 36.4 Å². The molecule has 0 saturated carbocycles. The van der Waals surface area contributed by atoms with E-state index in [9.17, 15) is 0 Å². The van der Waals surface area contributed by atoms with Crippen LogP contribution in [0.4, 0.5) is 0 Å². The van der Waals surface area contributed by atoms with Crippen LogP contribution in [0.2, 0.25) is 5.02 Å². The Hall–Kier alpha value is -1.65. The predicted octanol–water partition coefficient (Wildman–Crippen LogP) is 3.45. The summed E-state index contributed by atoms with van der Waals surface area (Å²) in [5.41, 5.74) is 1.84. The maximum atomic E-state index is 6.07. The first-order chi connectivity index (χ1) is 10.1. The van der Waals surface area contributed by atoms with Crippen molar-refractivity contribution < 1.29 is 4.74 Å². The van der Waals surface area contributed by atoms with Crippen molar-refractivity contribution in [3.05, 3.63) is 52.7 Å². The fraction of sp³-hybridized carbons (Fsp3) is 0.375. The lowest BCUT2D eigenvalue weighted by molar-refractivity contribution is 0.289. The van der Waals surface area contributed by atoms with Crippen LogP contribution in [0.5, 0.6) is 5.88 Å². The zero-order valence-corrected chi connectivity index (χ0v) is 13.1. The van der Waals surface area contributed by atoms with Gasteiger partial charge in [-0.1, -0.05) is 43.6 Å². The van der Waals surface area contributed by atoms with Crippen molar-refractivity contribution in [3.8, 4) is 5.88 Å². The van der Waals surface area contributed by atoms with Gasteiger partial charge in [0.25, 0.3) is 0 Å². The van der Waals surface area contributed by atoms with Crippen LogP contribution < -0.4 is 10.1 Å². The predicted molar refractivity (Wildman–Crippen MR) is 84.4 cm³/mol. The van der Waals surface area contributed by atoms with Gasteiger partial charge in [0.1, 0.15) is 6.61 Å². The van der Waals surface area contributed by atoms with Gasteiger partial charge >= 0.3 is 0 Å². The monoisotopic (exact) mass is 305 g/mol. The van der Waals surface area contributed by atoms with Gasteiger partial charge in [-0.25, -0.2) is 0 Å². The quantitative estimate of drug-likeness (QED) is 0.851. The van der Waals surface area contributed by atoms with Gasteiger partial charge in [-0.15, -0.1) is 5.10 Å². The SMILES string of the molecule is CC(C)CNCc1ccc(OCc2ccccc2Cl)nn1. The third-order valence-corrected chi connectivity index (χ3v) is 3.26. The summed E-state index contributed by atoms with van der Waals surface area (Å²) >= 11 is 6.07. The van der Waals surface area contributed by atoms with Crippen LogP contribution in [-0.2, 0) is 13.2 Å². The highest BCUT2D eigenvalue weighted by molar-refractivity contribution is 6.31. The molecule has 0 unspecified atom stereocenters. The van der Waals surface area contributed by atoms with Crippen molar-refractivity contribution >= 4 is 11.6 Å². The Bertz CT molecular complexity index is 558. The summed E-state index contributed by atoms with van der Waals surface area (Å²) in [6.07, 6.45) is 0. The van der Waals surface area contributed by atoms with Crippen molar-refractivity contribution in [3.63, 3.8) is 0 Å². The maximum absolute atomic E-state index is 6.07. The molecule has 5 heteroatoms. The molecular weight excluding hydrogens is 286 g/mol. The van der Waals surface area contributed by atoms with Crippen molar-refractivity contribution in [1.29, 1.82) is 0 Å². The summed E-state index contributed by atoms with van der Waals surface area (Å²) in [4.78, 5) is 0. The Balaban J connectivity index is 1.84. The summed E-state index contributed by atoms with van der Waals surface area (Å²) in [6, 6.07) is 11.3. The number of halogens is 1. The molecule has 0 radical (unpaired) electrons. The lowest BCUT2D eigenvalue weighted by atomic mass is 10.2. The van der Waals surface area contributed by atoms with E-state index in [2.05, 4.69) is 29.4 Å². The number of hydrogen-bond acceptors (Lipinski definition) is 4. The number of ether oxygens (including phenoxy) is 1. The number of rotatable bonds is 7. The second-order valence-corrected chi connectivity index (χ2v) is 5.67. The highest BCUT2D eigenvalue weighted by Crippen LogP contribution is 2.17. The van der Waals surface area contributed by atoms with Gasteiger partial charge in [0.05, 0.1) is 5.69 Å². The van der Waals surface area contributed by atoms with Crippen LogP contribution in [0, 0.1) is 5.92 Å². The molecule has 21 heavy (non-hydrogen) atoms. The molecule has 1 aromatic carbocycles. The zero-order chi connectivity index (χ0) is 15.1. The minimum Gasteiger partial charge on any atom is -0.472 e. The standard InChI is InChI=1S/C16H20ClN3O/c1-12(2)9-18-10-14-7-8-16(20-19-14)21-11-13-5-3-4-6-15(13)17/h3-8,12,18H,9-11H2,1-2H3.